The number of pyridine rings is 1. The van der Waals surface area contributed by atoms with Crippen molar-refractivity contribution in [3.63, 3.8) is 0 Å². The van der Waals surface area contributed by atoms with E-state index in [2.05, 4.69) is 37.6 Å². The number of fused-ring (bicyclic) bond motifs is 1. The fraction of sp³-hybridized carbons (Fsp3) is 0.231. The van der Waals surface area contributed by atoms with Crippen molar-refractivity contribution >= 4 is 39.3 Å². The molecule has 2 aromatic heterocycles. The first-order valence-electron chi connectivity index (χ1n) is 11.0. The zero-order valence-electron chi connectivity index (χ0n) is 18.4. The van der Waals surface area contributed by atoms with Crippen molar-refractivity contribution in [3.8, 4) is 5.69 Å². The lowest BCUT2D eigenvalue weighted by atomic mass is 9.83. The van der Waals surface area contributed by atoms with E-state index in [9.17, 15) is 8.78 Å². The Hall–Kier alpha value is -2.22. The Balaban J connectivity index is 1.62. The highest BCUT2D eigenvalue weighted by molar-refractivity contribution is 9.10. The topological polar surface area (TPSA) is 30.7 Å². The second-order valence-corrected chi connectivity index (χ2v) is 10.6. The van der Waals surface area contributed by atoms with Gasteiger partial charge in [0.25, 0.3) is 0 Å². The molecule has 0 bridgehead atoms. The van der Waals surface area contributed by atoms with Gasteiger partial charge in [0, 0.05) is 38.6 Å². The summed E-state index contributed by atoms with van der Waals surface area (Å²) in [6.45, 7) is 2.01. The van der Waals surface area contributed by atoms with Gasteiger partial charge in [-0.2, -0.15) is 0 Å². The number of nitrogens with zero attached hydrogens (tertiary/aromatic N) is 3. The number of aromatic nitrogens is 3. The molecule has 8 heteroatoms. The third-order valence-corrected chi connectivity index (χ3v) is 8.23. The van der Waals surface area contributed by atoms with E-state index < -0.39 is 0 Å². The van der Waals surface area contributed by atoms with Gasteiger partial charge in [0.2, 0.25) is 0 Å². The largest absolute Gasteiger partial charge is 0.291 e. The van der Waals surface area contributed by atoms with Gasteiger partial charge in [-0.1, -0.05) is 35.5 Å². The number of imidazole rings is 1. The molecule has 1 unspecified atom stereocenters. The van der Waals surface area contributed by atoms with Crippen LogP contribution in [0.2, 0.25) is 5.02 Å². The average molecular weight is 561 g/mol. The summed E-state index contributed by atoms with van der Waals surface area (Å²) in [7, 11) is 0. The molecule has 5 rings (SSSR count). The van der Waals surface area contributed by atoms with Crippen molar-refractivity contribution in [1.29, 1.82) is 0 Å². The fourth-order valence-corrected chi connectivity index (χ4v) is 6.29. The molecule has 174 valence electrons. The van der Waals surface area contributed by atoms with E-state index in [1.54, 1.807) is 18.3 Å². The minimum atomic E-state index is -0.360. The smallest absolute Gasteiger partial charge is 0.173 e. The molecule has 4 aromatic rings. The van der Waals surface area contributed by atoms with Gasteiger partial charge in [0.15, 0.2) is 5.16 Å². The molecule has 1 aliphatic carbocycles. The summed E-state index contributed by atoms with van der Waals surface area (Å²) in [6, 6.07) is 12.6. The van der Waals surface area contributed by atoms with Crippen molar-refractivity contribution in [2.45, 2.75) is 43.0 Å². The number of aryl methyl sites for hydroxylation is 2. The summed E-state index contributed by atoms with van der Waals surface area (Å²) in [5.74, 6) is -0.131. The van der Waals surface area contributed by atoms with Crippen LogP contribution in [0.15, 0.2) is 64.5 Å². The predicted octanol–water partition coefficient (Wildman–Crippen LogP) is 8.03. The van der Waals surface area contributed by atoms with Gasteiger partial charge < -0.3 is 0 Å². The van der Waals surface area contributed by atoms with E-state index in [0.717, 1.165) is 52.1 Å². The van der Waals surface area contributed by atoms with Crippen molar-refractivity contribution in [1.82, 2.24) is 14.5 Å². The summed E-state index contributed by atoms with van der Waals surface area (Å²) in [5, 5.41) is 1.50. The van der Waals surface area contributed by atoms with Crippen LogP contribution in [0.1, 0.15) is 46.8 Å². The maximum absolute atomic E-state index is 14.4. The van der Waals surface area contributed by atoms with Gasteiger partial charge in [0.05, 0.1) is 17.6 Å². The first-order valence-corrected chi connectivity index (χ1v) is 13.1. The van der Waals surface area contributed by atoms with E-state index in [1.165, 1.54) is 35.7 Å². The first-order chi connectivity index (χ1) is 16.4. The number of rotatable bonds is 5. The fourth-order valence-electron chi connectivity index (χ4n) is 4.46. The lowest BCUT2D eigenvalue weighted by Gasteiger charge is -2.25. The SMILES string of the molecule is Cc1cc(C2CCCc3nc(SCc4c(F)cncc4Br)n(-c4ccc(F)cc4)c32)ccc1Cl. The normalized spacial score (nSPS) is 15.4. The van der Waals surface area contributed by atoms with Gasteiger partial charge in [0.1, 0.15) is 11.6 Å². The van der Waals surface area contributed by atoms with Crippen LogP contribution in [-0.4, -0.2) is 14.5 Å². The second-order valence-electron chi connectivity index (χ2n) is 8.36. The monoisotopic (exact) mass is 559 g/mol. The van der Waals surface area contributed by atoms with Crippen molar-refractivity contribution in [2.75, 3.05) is 0 Å². The maximum Gasteiger partial charge on any atom is 0.173 e. The molecule has 2 aromatic carbocycles. The zero-order valence-corrected chi connectivity index (χ0v) is 21.5. The molecule has 0 radical (unpaired) electrons. The predicted molar refractivity (Wildman–Crippen MR) is 136 cm³/mol. The van der Waals surface area contributed by atoms with Crippen LogP contribution in [0.4, 0.5) is 8.78 Å². The standard InChI is InChI=1S/C26H21BrClF2N3S/c1-15-11-16(5-10-22(15)28)19-3-2-4-24-25(19)33(18-8-6-17(29)7-9-18)26(32-24)34-14-20-21(27)12-31-13-23(20)30/h5-13,19H,2-4,14H2,1H3. The van der Waals surface area contributed by atoms with Gasteiger partial charge in [-0.25, -0.2) is 13.8 Å². The number of hydrogen-bond acceptors (Lipinski definition) is 3. The molecule has 3 nitrogen and oxygen atoms in total. The summed E-state index contributed by atoms with van der Waals surface area (Å²) in [5.41, 5.74) is 5.74. The van der Waals surface area contributed by atoms with Crippen LogP contribution in [-0.2, 0) is 12.2 Å². The Bertz CT molecular complexity index is 1340. The third kappa shape index (κ3) is 4.53. The van der Waals surface area contributed by atoms with E-state index in [4.69, 9.17) is 16.6 Å². The number of benzene rings is 2. The molecule has 1 aliphatic rings. The van der Waals surface area contributed by atoms with Crippen LogP contribution in [0, 0.1) is 18.6 Å². The summed E-state index contributed by atoms with van der Waals surface area (Å²) in [6.07, 6.45) is 5.68. The Morgan fingerprint density at radius 2 is 1.94 bits per heavy atom. The molecule has 34 heavy (non-hydrogen) atoms. The molecule has 0 N–H and O–H groups in total. The summed E-state index contributed by atoms with van der Waals surface area (Å²) in [4.78, 5) is 8.88. The number of halogens is 4. The van der Waals surface area contributed by atoms with E-state index in [1.807, 2.05) is 13.0 Å². The molecule has 2 heterocycles. The van der Waals surface area contributed by atoms with E-state index in [-0.39, 0.29) is 17.6 Å². The van der Waals surface area contributed by atoms with Crippen LogP contribution in [0.25, 0.3) is 5.69 Å². The molecule has 0 spiro atoms. The van der Waals surface area contributed by atoms with Crippen LogP contribution >= 0.6 is 39.3 Å². The highest BCUT2D eigenvalue weighted by Gasteiger charge is 2.30. The van der Waals surface area contributed by atoms with Crippen molar-refractivity contribution in [3.05, 3.63) is 104 Å². The van der Waals surface area contributed by atoms with Crippen LogP contribution in [0.3, 0.4) is 0 Å². The van der Waals surface area contributed by atoms with Gasteiger partial charge in [-0.05, 0) is 83.6 Å². The van der Waals surface area contributed by atoms with Crippen molar-refractivity contribution in [2.24, 2.45) is 0 Å². The molecule has 0 amide bonds. The molecule has 0 saturated carbocycles. The quantitative estimate of drug-likeness (QED) is 0.232. The number of hydrogen-bond donors (Lipinski definition) is 0. The lowest BCUT2D eigenvalue weighted by Crippen LogP contribution is -2.15. The van der Waals surface area contributed by atoms with Crippen LogP contribution < -0.4 is 0 Å². The highest BCUT2D eigenvalue weighted by Crippen LogP contribution is 2.42. The van der Waals surface area contributed by atoms with Gasteiger partial charge in [-0.15, -0.1) is 0 Å². The zero-order chi connectivity index (χ0) is 23.8. The summed E-state index contributed by atoms with van der Waals surface area (Å²) >= 11 is 11.2. The van der Waals surface area contributed by atoms with Gasteiger partial charge >= 0.3 is 0 Å². The van der Waals surface area contributed by atoms with E-state index >= 15 is 0 Å². The average Bonchev–Trinajstić information content (AvgIpc) is 3.19. The third-order valence-electron chi connectivity index (χ3n) is 6.16. The molecule has 1 atom stereocenters. The number of thioether (sulfide) groups is 1. The Morgan fingerprint density at radius 3 is 2.68 bits per heavy atom. The molecule has 0 aliphatic heterocycles. The molecule has 0 fully saturated rings. The Labute approximate surface area is 214 Å². The molecular weight excluding hydrogens is 540 g/mol. The highest BCUT2D eigenvalue weighted by atomic mass is 79.9. The first kappa shape index (κ1) is 23.5. The van der Waals surface area contributed by atoms with Crippen LogP contribution in [0.5, 0.6) is 0 Å². The lowest BCUT2D eigenvalue weighted by molar-refractivity contribution is 0.586. The molecule has 0 saturated heterocycles. The minimum absolute atomic E-state index is 0.135. The minimum Gasteiger partial charge on any atom is -0.291 e. The molecular formula is C26H21BrClF2N3S. The Morgan fingerprint density at radius 1 is 1.15 bits per heavy atom. The van der Waals surface area contributed by atoms with E-state index in [0.29, 0.717) is 15.8 Å². The van der Waals surface area contributed by atoms with Gasteiger partial charge in [-0.3, -0.25) is 9.55 Å². The second kappa shape index (κ2) is 9.80. The van der Waals surface area contributed by atoms with Crippen molar-refractivity contribution < 1.29 is 8.78 Å². The Kier molecular flexibility index (Phi) is 6.78. The summed E-state index contributed by atoms with van der Waals surface area (Å²) < 4.78 is 30.9. The maximum atomic E-state index is 14.4.